The largest absolute Gasteiger partial charge is 0.450 e. The van der Waals surface area contributed by atoms with Gasteiger partial charge in [-0.3, -0.25) is 4.90 Å². The van der Waals surface area contributed by atoms with Crippen LogP contribution in [0.15, 0.2) is 36.4 Å². The number of benzene rings is 1. The maximum absolute atomic E-state index is 12.4. The molecule has 2 atom stereocenters. The number of ether oxygens (including phenoxy) is 1. The molecule has 8 heteroatoms. The topological polar surface area (TPSA) is 85.6 Å². The van der Waals surface area contributed by atoms with Gasteiger partial charge in [0.1, 0.15) is 6.07 Å². The van der Waals surface area contributed by atoms with Gasteiger partial charge in [0, 0.05) is 49.9 Å². The molecule has 5 rings (SSSR count). The zero-order chi connectivity index (χ0) is 22.8. The van der Waals surface area contributed by atoms with E-state index in [1.54, 1.807) is 0 Å². The first kappa shape index (κ1) is 21.7. The summed E-state index contributed by atoms with van der Waals surface area (Å²) in [6.45, 7) is 5.79. The second-order valence-corrected chi connectivity index (χ2v) is 9.08. The number of carbonyl (C=O) groups is 1. The lowest BCUT2D eigenvalue weighted by Gasteiger charge is -2.45. The van der Waals surface area contributed by atoms with Gasteiger partial charge in [-0.05, 0) is 38.7 Å². The first-order valence-corrected chi connectivity index (χ1v) is 11.9. The van der Waals surface area contributed by atoms with Crippen molar-refractivity contribution in [3.63, 3.8) is 0 Å². The molecule has 1 aromatic carbocycles. The zero-order valence-electron chi connectivity index (χ0n) is 19.1. The first-order valence-electron chi connectivity index (χ1n) is 11.9. The normalized spacial score (nSPS) is 25.0. The van der Waals surface area contributed by atoms with Crippen LogP contribution in [0.4, 0.5) is 10.6 Å². The summed E-state index contributed by atoms with van der Waals surface area (Å²) >= 11 is 0. The quantitative estimate of drug-likeness (QED) is 0.712. The lowest BCUT2D eigenvalue weighted by Crippen LogP contribution is -2.57. The molecule has 2 aromatic rings. The van der Waals surface area contributed by atoms with Crippen LogP contribution in [0.2, 0.25) is 0 Å². The van der Waals surface area contributed by atoms with Gasteiger partial charge in [0.15, 0.2) is 5.82 Å². The fourth-order valence-corrected chi connectivity index (χ4v) is 5.69. The van der Waals surface area contributed by atoms with E-state index in [0.717, 1.165) is 63.1 Å². The molecule has 4 heterocycles. The Morgan fingerprint density at radius 3 is 2.39 bits per heavy atom. The molecule has 0 spiro atoms. The Bertz CT molecular complexity index is 1020. The SMILES string of the molecule is CCOC(=O)N1C2CCC1CC(N1CCN(c3nnc(-c4ccccc4)cc3C#N)CC1)C2. The van der Waals surface area contributed by atoms with E-state index in [-0.39, 0.29) is 6.09 Å². The maximum atomic E-state index is 12.4. The molecule has 172 valence electrons. The number of nitriles is 1. The highest BCUT2D eigenvalue weighted by Crippen LogP contribution is 2.38. The number of nitrogens with zero attached hydrogens (tertiary/aromatic N) is 6. The zero-order valence-corrected chi connectivity index (χ0v) is 19.1. The highest BCUT2D eigenvalue weighted by atomic mass is 16.6. The number of piperidine rings is 1. The summed E-state index contributed by atoms with van der Waals surface area (Å²) in [5.74, 6) is 0.675. The molecule has 33 heavy (non-hydrogen) atoms. The number of carbonyl (C=O) groups excluding carboxylic acids is 1. The highest BCUT2D eigenvalue weighted by Gasteiger charge is 2.45. The molecule has 3 aliphatic heterocycles. The van der Waals surface area contributed by atoms with Gasteiger partial charge in [0.25, 0.3) is 0 Å². The van der Waals surface area contributed by atoms with Crippen LogP contribution < -0.4 is 4.90 Å². The van der Waals surface area contributed by atoms with E-state index in [4.69, 9.17) is 4.74 Å². The average molecular weight is 447 g/mol. The number of aromatic nitrogens is 2. The molecule has 1 aromatic heterocycles. The van der Waals surface area contributed by atoms with Crippen LogP contribution in [-0.4, -0.2) is 77.0 Å². The van der Waals surface area contributed by atoms with Crippen molar-refractivity contribution < 1.29 is 9.53 Å². The third-order valence-electron chi connectivity index (χ3n) is 7.28. The van der Waals surface area contributed by atoms with Gasteiger partial charge >= 0.3 is 6.09 Å². The summed E-state index contributed by atoms with van der Waals surface area (Å²) < 4.78 is 5.29. The summed E-state index contributed by atoms with van der Waals surface area (Å²) in [7, 11) is 0. The van der Waals surface area contributed by atoms with Crippen molar-refractivity contribution >= 4 is 11.9 Å². The number of anilines is 1. The van der Waals surface area contributed by atoms with Gasteiger partial charge < -0.3 is 14.5 Å². The van der Waals surface area contributed by atoms with Crippen LogP contribution in [0.3, 0.4) is 0 Å². The van der Waals surface area contributed by atoms with Gasteiger partial charge in [-0.15, -0.1) is 10.2 Å². The smallest absolute Gasteiger partial charge is 0.410 e. The Balaban J connectivity index is 1.22. The predicted octanol–water partition coefficient (Wildman–Crippen LogP) is 3.29. The summed E-state index contributed by atoms with van der Waals surface area (Å²) in [5.41, 5.74) is 2.25. The van der Waals surface area contributed by atoms with Crippen LogP contribution in [0, 0.1) is 11.3 Å². The molecule has 3 fully saturated rings. The number of piperazine rings is 1. The van der Waals surface area contributed by atoms with Crippen molar-refractivity contribution in [2.24, 2.45) is 0 Å². The fourth-order valence-electron chi connectivity index (χ4n) is 5.69. The Morgan fingerprint density at radius 2 is 1.76 bits per heavy atom. The van der Waals surface area contributed by atoms with Crippen LogP contribution >= 0.6 is 0 Å². The minimum atomic E-state index is -0.144. The molecule has 2 unspecified atom stereocenters. The molecular weight excluding hydrogens is 416 g/mol. The number of amides is 1. The van der Waals surface area contributed by atoms with Crippen LogP contribution in [0.1, 0.15) is 38.2 Å². The molecular formula is C25H30N6O2. The number of hydrogen-bond acceptors (Lipinski definition) is 7. The second-order valence-electron chi connectivity index (χ2n) is 9.08. The van der Waals surface area contributed by atoms with E-state index in [2.05, 4.69) is 26.1 Å². The van der Waals surface area contributed by atoms with Gasteiger partial charge in [-0.2, -0.15) is 5.26 Å². The molecule has 0 N–H and O–H groups in total. The van der Waals surface area contributed by atoms with Crippen molar-refractivity contribution in [1.29, 1.82) is 5.26 Å². The first-order chi connectivity index (χ1) is 16.2. The van der Waals surface area contributed by atoms with Crippen molar-refractivity contribution in [2.45, 2.75) is 50.7 Å². The lowest BCUT2D eigenvalue weighted by atomic mass is 9.95. The van der Waals surface area contributed by atoms with Crippen molar-refractivity contribution in [3.05, 3.63) is 42.0 Å². The van der Waals surface area contributed by atoms with Gasteiger partial charge in [0.2, 0.25) is 0 Å². The summed E-state index contributed by atoms with van der Waals surface area (Å²) in [4.78, 5) is 19.1. The summed E-state index contributed by atoms with van der Waals surface area (Å²) in [5, 5.41) is 18.6. The van der Waals surface area contributed by atoms with Gasteiger partial charge in [0.05, 0.1) is 17.9 Å². The second kappa shape index (κ2) is 9.36. The number of fused-ring (bicyclic) bond motifs is 2. The minimum Gasteiger partial charge on any atom is -0.450 e. The average Bonchev–Trinajstić information content (AvgIpc) is 3.14. The summed E-state index contributed by atoms with van der Waals surface area (Å²) in [6.07, 6.45) is 4.05. The maximum Gasteiger partial charge on any atom is 0.410 e. The van der Waals surface area contributed by atoms with Crippen molar-refractivity contribution in [2.75, 3.05) is 37.7 Å². The monoisotopic (exact) mass is 446 g/mol. The number of rotatable bonds is 4. The van der Waals surface area contributed by atoms with Crippen molar-refractivity contribution in [1.82, 2.24) is 20.0 Å². The van der Waals surface area contributed by atoms with E-state index < -0.39 is 0 Å². The Labute approximate surface area is 194 Å². The number of hydrogen-bond donors (Lipinski definition) is 0. The minimum absolute atomic E-state index is 0.144. The standard InChI is InChI=1S/C25H30N6O2/c1-2-33-25(32)31-20-8-9-21(31)16-22(15-20)29-10-12-30(13-11-29)24-19(17-26)14-23(27-28-24)18-6-4-3-5-7-18/h3-7,14,20-22H,2,8-13,15-16H2,1H3. The van der Waals surface area contributed by atoms with Crippen LogP contribution in [-0.2, 0) is 4.74 Å². The fraction of sp³-hybridized carbons (Fsp3) is 0.520. The molecule has 2 bridgehead atoms. The Morgan fingerprint density at radius 1 is 1.06 bits per heavy atom. The van der Waals surface area contributed by atoms with E-state index in [1.165, 1.54) is 0 Å². The van der Waals surface area contributed by atoms with Gasteiger partial charge in [-0.1, -0.05) is 30.3 Å². The van der Waals surface area contributed by atoms with E-state index >= 15 is 0 Å². The molecule has 0 aliphatic carbocycles. The molecule has 8 nitrogen and oxygen atoms in total. The van der Waals surface area contributed by atoms with E-state index in [0.29, 0.717) is 36.1 Å². The van der Waals surface area contributed by atoms with E-state index in [1.807, 2.05) is 48.2 Å². The Kier molecular flexibility index (Phi) is 6.14. The third-order valence-corrected chi connectivity index (χ3v) is 7.28. The lowest BCUT2D eigenvalue weighted by molar-refractivity contribution is 0.0396. The molecule has 0 radical (unpaired) electrons. The molecule has 0 saturated carbocycles. The van der Waals surface area contributed by atoms with Crippen LogP contribution in [0.25, 0.3) is 11.3 Å². The molecule has 3 saturated heterocycles. The highest BCUT2D eigenvalue weighted by molar-refractivity contribution is 5.69. The van der Waals surface area contributed by atoms with Gasteiger partial charge in [-0.25, -0.2) is 4.79 Å². The van der Waals surface area contributed by atoms with Crippen molar-refractivity contribution in [3.8, 4) is 17.3 Å². The summed E-state index contributed by atoms with van der Waals surface area (Å²) in [6, 6.07) is 15.1. The predicted molar refractivity (Wildman–Crippen MR) is 125 cm³/mol. The van der Waals surface area contributed by atoms with E-state index in [9.17, 15) is 10.1 Å². The third kappa shape index (κ3) is 4.25. The molecule has 1 amide bonds. The Hall–Kier alpha value is -3.18. The molecule has 3 aliphatic rings. The van der Waals surface area contributed by atoms with Crippen LogP contribution in [0.5, 0.6) is 0 Å².